The Morgan fingerprint density at radius 1 is 1.24 bits per heavy atom. The van der Waals surface area contributed by atoms with Crippen LogP contribution in [0.4, 0.5) is 0 Å². The number of rotatable bonds is 3. The summed E-state index contributed by atoms with van der Waals surface area (Å²) in [5.41, 5.74) is 1.40. The molecule has 1 aliphatic carbocycles. The van der Waals surface area contributed by atoms with Gasteiger partial charge in [0.2, 0.25) is 0 Å². The third-order valence-corrected chi connectivity index (χ3v) is 4.52. The molecule has 114 valence electrons. The Bertz CT molecular complexity index is 536. The fourth-order valence-electron chi connectivity index (χ4n) is 2.76. The maximum Gasteiger partial charge on any atom is 0.308 e. The Balaban J connectivity index is 1.93. The van der Waals surface area contributed by atoms with Gasteiger partial charge in [-0.3, -0.25) is 9.59 Å². The van der Waals surface area contributed by atoms with Gasteiger partial charge in [0, 0.05) is 16.6 Å². The van der Waals surface area contributed by atoms with Gasteiger partial charge in [0.25, 0.3) is 5.91 Å². The summed E-state index contributed by atoms with van der Waals surface area (Å²) in [5, 5.41) is 3.63. The highest BCUT2D eigenvalue weighted by atomic mass is 35.5. The first-order valence-electron chi connectivity index (χ1n) is 7.16. The minimum absolute atomic E-state index is 0.0314. The van der Waals surface area contributed by atoms with E-state index in [0.717, 1.165) is 31.2 Å². The van der Waals surface area contributed by atoms with Crippen molar-refractivity contribution in [3.63, 3.8) is 0 Å². The lowest BCUT2D eigenvalue weighted by molar-refractivity contribution is -0.146. The zero-order chi connectivity index (χ0) is 15.4. The summed E-state index contributed by atoms with van der Waals surface area (Å²) in [5.74, 6) is -0.280. The van der Waals surface area contributed by atoms with E-state index in [0.29, 0.717) is 10.6 Å². The van der Waals surface area contributed by atoms with Gasteiger partial charge in [-0.05, 0) is 50.3 Å². The molecule has 5 heteroatoms. The second-order valence-electron chi connectivity index (χ2n) is 5.46. The van der Waals surface area contributed by atoms with Crippen molar-refractivity contribution >= 4 is 23.5 Å². The lowest BCUT2D eigenvalue weighted by atomic mass is 9.86. The van der Waals surface area contributed by atoms with E-state index >= 15 is 0 Å². The van der Waals surface area contributed by atoms with Crippen LogP contribution < -0.4 is 5.32 Å². The van der Waals surface area contributed by atoms with Gasteiger partial charge in [-0.15, -0.1) is 0 Å². The molecule has 21 heavy (non-hydrogen) atoms. The van der Waals surface area contributed by atoms with Gasteiger partial charge in [0.05, 0.1) is 13.0 Å². The Kier molecular flexibility index (Phi) is 5.23. The number of benzene rings is 1. The van der Waals surface area contributed by atoms with Crippen LogP contribution in [-0.4, -0.2) is 25.0 Å². The number of carbonyl (C=O) groups excluding carboxylic acids is 2. The molecule has 1 fully saturated rings. The largest absolute Gasteiger partial charge is 0.469 e. The molecule has 0 aliphatic heterocycles. The van der Waals surface area contributed by atoms with Crippen LogP contribution in [-0.2, 0) is 9.53 Å². The van der Waals surface area contributed by atoms with Crippen LogP contribution in [0.1, 0.15) is 41.6 Å². The normalized spacial score (nSPS) is 21.7. The molecule has 0 atom stereocenters. The minimum atomic E-state index is -0.148. The maximum atomic E-state index is 12.3. The first-order valence-corrected chi connectivity index (χ1v) is 7.54. The SMILES string of the molecule is COC(=O)C1CCC(NC(=O)c2cccc(Cl)c2C)CC1. The van der Waals surface area contributed by atoms with E-state index in [4.69, 9.17) is 16.3 Å². The molecule has 1 amide bonds. The number of nitrogens with one attached hydrogen (secondary N) is 1. The smallest absolute Gasteiger partial charge is 0.308 e. The molecule has 0 spiro atoms. The lowest BCUT2D eigenvalue weighted by Gasteiger charge is -2.27. The van der Waals surface area contributed by atoms with Crippen LogP contribution >= 0.6 is 11.6 Å². The Labute approximate surface area is 129 Å². The number of halogens is 1. The monoisotopic (exact) mass is 309 g/mol. The molecule has 0 heterocycles. The zero-order valence-electron chi connectivity index (χ0n) is 12.3. The molecule has 0 unspecified atom stereocenters. The van der Waals surface area contributed by atoms with Gasteiger partial charge in [0.15, 0.2) is 0 Å². The third-order valence-electron chi connectivity index (χ3n) is 4.11. The van der Waals surface area contributed by atoms with Gasteiger partial charge >= 0.3 is 5.97 Å². The van der Waals surface area contributed by atoms with Gasteiger partial charge in [-0.2, -0.15) is 0 Å². The van der Waals surface area contributed by atoms with E-state index in [2.05, 4.69) is 5.32 Å². The molecular weight excluding hydrogens is 290 g/mol. The van der Waals surface area contributed by atoms with Crippen molar-refractivity contribution in [2.45, 2.75) is 38.6 Å². The van der Waals surface area contributed by atoms with E-state index in [1.807, 2.05) is 6.92 Å². The molecule has 0 bridgehead atoms. The van der Waals surface area contributed by atoms with Crippen LogP contribution in [0.2, 0.25) is 5.02 Å². The van der Waals surface area contributed by atoms with Crippen LogP contribution in [0, 0.1) is 12.8 Å². The van der Waals surface area contributed by atoms with Crippen LogP contribution in [0.15, 0.2) is 18.2 Å². The van der Waals surface area contributed by atoms with Crippen molar-refractivity contribution in [2.75, 3.05) is 7.11 Å². The second kappa shape index (κ2) is 6.94. The summed E-state index contributed by atoms with van der Waals surface area (Å²) in [6.45, 7) is 1.84. The summed E-state index contributed by atoms with van der Waals surface area (Å²) in [7, 11) is 1.41. The van der Waals surface area contributed by atoms with Gasteiger partial charge in [-0.25, -0.2) is 0 Å². The summed E-state index contributed by atoms with van der Waals surface area (Å²) in [6, 6.07) is 5.43. The molecule has 1 aromatic rings. The maximum absolute atomic E-state index is 12.3. The van der Waals surface area contributed by atoms with Crippen LogP contribution in [0.25, 0.3) is 0 Å². The molecule has 0 aromatic heterocycles. The number of esters is 1. The molecule has 0 saturated heterocycles. The van der Waals surface area contributed by atoms with Gasteiger partial charge < -0.3 is 10.1 Å². The molecular formula is C16H20ClNO3. The highest BCUT2D eigenvalue weighted by Gasteiger charge is 2.28. The number of hydrogen-bond acceptors (Lipinski definition) is 3. The number of amides is 1. The average molecular weight is 310 g/mol. The summed E-state index contributed by atoms with van der Waals surface area (Å²) < 4.78 is 4.76. The molecule has 4 nitrogen and oxygen atoms in total. The predicted molar refractivity (Wildman–Crippen MR) is 81.4 cm³/mol. The second-order valence-corrected chi connectivity index (χ2v) is 5.86. The fourth-order valence-corrected chi connectivity index (χ4v) is 2.93. The molecule has 1 aromatic carbocycles. The standard InChI is InChI=1S/C16H20ClNO3/c1-10-13(4-3-5-14(10)17)15(19)18-12-8-6-11(7-9-12)16(20)21-2/h3-5,11-12H,6-9H2,1-2H3,(H,18,19). The van der Waals surface area contributed by atoms with E-state index < -0.39 is 0 Å². The quantitative estimate of drug-likeness (QED) is 0.873. The highest BCUT2D eigenvalue weighted by Crippen LogP contribution is 2.26. The Morgan fingerprint density at radius 2 is 1.90 bits per heavy atom. The van der Waals surface area contributed by atoms with Crippen molar-refractivity contribution < 1.29 is 14.3 Å². The van der Waals surface area contributed by atoms with Crippen LogP contribution in [0.3, 0.4) is 0 Å². The predicted octanol–water partition coefficient (Wildman–Crippen LogP) is 3.11. The highest BCUT2D eigenvalue weighted by molar-refractivity contribution is 6.31. The Morgan fingerprint density at radius 3 is 2.52 bits per heavy atom. The molecule has 1 saturated carbocycles. The number of carbonyl (C=O) groups is 2. The first-order chi connectivity index (χ1) is 10.0. The van der Waals surface area contributed by atoms with E-state index in [1.165, 1.54) is 7.11 Å². The van der Waals surface area contributed by atoms with Crippen molar-refractivity contribution in [1.29, 1.82) is 0 Å². The molecule has 1 aliphatic rings. The topological polar surface area (TPSA) is 55.4 Å². The van der Waals surface area contributed by atoms with E-state index in [-0.39, 0.29) is 23.8 Å². The van der Waals surface area contributed by atoms with Crippen molar-refractivity contribution in [3.05, 3.63) is 34.3 Å². The Hall–Kier alpha value is -1.55. The van der Waals surface area contributed by atoms with Gasteiger partial charge in [0.1, 0.15) is 0 Å². The summed E-state index contributed by atoms with van der Waals surface area (Å²) in [4.78, 5) is 23.8. The fraction of sp³-hybridized carbons (Fsp3) is 0.500. The number of methoxy groups -OCH3 is 1. The van der Waals surface area contributed by atoms with E-state index in [1.54, 1.807) is 18.2 Å². The van der Waals surface area contributed by atoms with Gasteiger partial charge in [-0.1, -0.05) is 17.7 Å². The van der Waals surface area contributed by atoms with Crippen molar-refractivity contribution in [2.24, 2.45) is 5.92 Å². The molecule has 0 radical (unpaired) electrons. The minimum Gasteiger partial charge on any atom is -0.469 e. The van der Waals surface area contributed by atoms with Crippen molar-refractivity contribution in [3.8, 4) is 0 Å². The molecule has 1 N–H and O–H groups in total. The first kappa shape index (κ1) is 15.8. The third kappa shape index (κ3) is 3.76. The average Bonchev–Trinajstić information content (AvgIpc) is 2.50. The van der Waals surface area contributed by atoms with E-state index in [9.17, 15) is 9.59 Å². The van der Waals surface area contributed by atoms with Crippen molar-refractivity contribution in [1.82, 2.24) is 5.32 Å². The molecule has 2 rings (SSSR count). The summed E-state index contributed by atoms with van der Waals surface area (Å²) in [6.07, 6.45) is 3.11. The lowest BCUT2D eigenvalue weighted by Crippen LogP contribution is -2.39. The van der Waals surface area contributed by atoms with Crippen LogP contribution in [0.5, 0.6) is 0 Å². The number of hydrogen-bond donors (Lipinski definition) is 1. The summed E-state index contributed by atoms with van der Waals surface area (Å²) >= 11 is 6.04. The number of ether oxygens (including phenoxy) is 1. The zero-order valence-corrected chi connectivity index (χ0v) is 13.1.